The molecule has 0 aromatic carbocycles. The fourth-order valence-corrected chi connectivity index (χ4v) is 4.58. The molecule has 98 valence electrons. The van der Waals surface area contributed by atoms with Gasteiger partial charge in [0.25, 0.3) is 0 Å². The van der Waals surface area contributed by atoms with Gasteiger partial charge in [0.05, 0.1) is 23.6 Å². The smallest absolute Gasteiger partial charge is 0.191 e. The molecule has 0 aromatic rings. The molecule has 0 amide bonds. The van der Waals surface area contributed by atoms with Crippen molar-refractivity contribution in [3.63, 3.8) is 0 Å². The Balaban J connectivity index is 2.13. The molecule has 0 aliphatic carbocycles. The summed E-state index contributed by atoms with van der Waals surface area (Å²) in [5.74, 6) is 0.940. The number of guanidine groups is 1. The zero-order chi connectivity index (χ0) is 12.7. The standard InChI is InChI=1S/C10H20N4O2S/c1-13(2)4-5-14-9(11)12-7-10(14)3-6-17(15,16)8-10/h3-8H2,1-2H3,(H2,11,12). The lowest BCUT2D eigenvalue weighted by Crippen LogP contribution is -2.54. The van der Waals surface area contributed by atoms with E-state index in [-0.39, 0.29) is 17.0 Å². The lowest BCUT2D eigenvalue weighted by atomic mass is 9.98. The van der Waals surface area contributed by atoms with Gasteiger partial charge in [-0.15, -0.1) is 0 Å². The van der Waals surface area contributed by atoms with Gasteiger partial charge >= 0.3 is 0 Å². The predicted octanol–water partition coefficient (Wildman–Crippen LogP) is -1.26. The van der Waals surface area contributed by atoms with E-state index in [0.29, 0.717) is 18.9 Å². The number of hydrogen-bond donors (Lipinski definition) is 1. The maximum absolute atomic E-state index is 11.7. The van der Waals surface area contributed by atoms with Crippen LogP contribution in [0.3, 0.4) is 0 Å². The van der Waals surface area contributed by atoms with Gasteiger partial charge in [-0.1, -0.05) is 0 Å². The third kappa shape index (κ3) is 2.40. The summed E-state index contributed by atoms with van der Waals surface area (Å²) in [6.07, 6.45) is 0.646. The van der Waals surface area contributed by atoms with Crippen LogP contribution in [0.2, 0.25) is 0 Å². The summed E-state index contributed by atoms with van der Waals surface area (Å²) >= 11 is 0. The Bertz CT molecular complexity index is 432. The van der Waals surface area contributed by atoms with Crippen LogP contribution in [0, 0.1) is 0 Å². The summed E-state index contributed by atoms with van der Waals surface area (Å²) < 4.78 is 23.3. The van der Waals surface area contributed by atoms with Gasteiger partial charge in [0.1, 0.15) is 0 Å². The predicted molar refractivity (Wildman–Crippen MR) is 67.8 cm³/mol. The Morgan fingerprint density at radius 1 is 1.53 bits per heavy atom. The fourth-order valence-electron chi connectivity index (χ4n) is 2.53. The van der Waals surface area contributed by atoms with Crippen molar-refractivity contribution < 1.29 is 8.42 Å². The number of likely N-dealkylation sites (N-methyl/N-ethyl adjacent to an activating group) is 1. The van der Waals surface area contributed by atoms with Crippen LogP contribution < -0.4 is 5.73 Å². The summed E-state index contributed by atoms with van der Waals surface area (Å²) in [6, 6.07) is 0. The lowest BCUT2D eigenvalue weighted by Gasteiger charge is -2.35. The van der Waals surface area contributed by atoms with E-state index in [4.69, 9.17) is 5.73 Å². The third-order valence-corrected chi connectivity index (χ3v) is 5.33. The first-order chi connectivity index (χ1) is 7.85. The zero-order valence-electron chi connectivity index (χ0n) is 10.4. The molecular weight excluding hydrogens is 240 g/mol. The molecule has 0 bridgehead atoms. The Morgan fingerprint density at radius 3 is 2.76 bits per heavy atom. The van der Waals surface area contributed by atoms with Crippen LogP contribution in [0.5, 0.6) is 0 Å². The van der Waals surface area contributed by atoms with Crippen molar-refractivity contribution in [2.24, 2.45) is 10.7 Å². The molecule has 1 atom stereocenters. The summed E-state index contributed by atoms with van der Waals surface area (Å²) in [5.41, 5.74) is 5.51. The minimum Gasteiger partial charge on any atom is -0.370 e. The fraction of sp³-hybridized carbons (Fsp3) is 0.900. The number of hydrogen-bond acceptors (Lipinski definition) is 6. The lowest BCUT2D eigenvalue weighted by molar-refractivity contribution is 0.209. The molecule has 1 saturated heterocycles. The maximum atomic E-state index is 11.7. The molecular formula is C10H20N4O2S. The Labute approximate surface area is 102 Å². The van der Waals surface area contributed by atoms with Crippen LogP contribution in [0.1, 0.15) is 6.42 Å². The van der Waals surface area contributed by atoms with Crippen molar-refractivity contribution in [1.29, 1.82) is 0 Å². The second kappa shape index (κ2) is 4.13. The summed E-state index contributed by atoms with van der Waals surface area (Å²) in [4.78, 5) is 8.28. The molecule has 1 unspecified atom stereocenters. The van der Waals surface area contributed by atoms with Crippen LogP contribution >= 0.6 is 0 Å². The van der Waals surface area contributed by atoms with Crippen molar-refractivity contribution in [2.45, 2.75) is 12.0 Å². The molecule has 6 nitrogen and oxygen atoms in total. The Kier molecular flexibility index (Phi) is 3.07. The van der Waals surface area contributed by atoms with Crippen LogP contribution in [0.4, 0.5) is 0 Å². The highest BCUT2D eigenvalue weighted by Gasteiger charge is 2.49. The molecule has 1 spiro atoms. The molecule has 17 heavy (non-hydrogen) atoms. The van der Waals surface area contributed by atoms with Crippen molar-refractivity contribution in [1.82, 2.24) is 9.80 Å². The van der Waals surface area contributed by atoms with Gasteiger partial charge in [-0.05, 0) is 20.5 Å². The SMILES string of the molecule is CN(C)CCN1C(N)=NCC12CCS(=O)(=O)C2. The Morgan fingerprint density at radius 2 is 2.24 bits per heavy atom. The molecule has 2 aliphatic rings. The second-order valence-electron chi connectivity index (χ2n) is 5.20. The van der Waals surface area contributed by atoms with E-state index in [2.05, 4.69) is 9.89 Å². The zero-order valence-corrected chi connectivity index (χ0v) is 11.2. The van der Waals surface area contributed by atoms with Crippen molar-refractivity contribution in [3.05, 3.63) is 0 Å². The molecule has 2 rings (SSSR count). The van der Waals surface area contributed by atoms with Gasteiger partial charge in [0.15, 0.2) is 15.8 Å². The van der Waals surface area contributed by atoms with Crippen LogP contribution in [0.15, 0.2) is 4.99 Å². The van der Waals surface area contributed by atoms with Gasteiger partial charge in [-0.25, -0.2) is 8.42 Å². The molecule has 2 aliphatic heterocycles. The van der Waals surface area contributed by atoms with Crippen molar-refractivity contribution in [3.8, 4) is 0 Å². The van der Waals surface area contributed by atoms with Crippen molar-refractivity contribution in [2.75, 3.05) is 45.2 Å². The van der Waals surface area contributed by atoms with E-state index in [1.165, 1.54) is 0 Å². The van der Waals surface area contributed by atoms with E-state index in [9.17, 15) is 8.42 Å². The largest absolute Gasteiger partial charge is 0.370 e. The van der Waals surface area contributed by atoms with Gasteiger partial charge in [-0.3, -0.25) is 4.99 Å². The van der Waals surface area contributed by atoms with Gasteiger partial charge in [0.2, 0.25) is 0 Å². The summed E-state index contributed by atoms with van der Waals surface area (Å²) in [7, 11) is 1.06. The third-order valence-electron chi connectivity index (χ3n) is 3.52. The van der Waals surface area contributed by atoms with E-state index in [1.54, 1.807) is 0 Å². The van der Waals surface area contributed by atoms with Crippen LogP contribution in [-0.2, 0) is 9.84 Å². The van der Waals surface area contributed by atoms with E-state index in [0.717, 1.165) is 13.1 Å². The number of rotatable bonds is 3. The number of nitrogens with zero attached hydrogens (tertiary/aromatic N) is 3. The normalized spacial score (nSPS) is 31.5. The first kappa shape index (κ1) is 12.6. The van der Waals surface area contributed by atoms with Gasteiger partial charge < -0.3 is 15.5 Å². The monoisotopic (exact) mass is 260 g/mol. The first-order valence-corrected chi connectivity index (χ1v) is 7.60. The maximum Gasteiger partial charge on any atom is 0.191 e. The molecule has 2 heterocycles. The van der Waals surface area contributed by atoms with E-state index < -0.39 is 9.84 Å². The highest BCUT2D eigenvalue weighted by atomic mass is 32.2. The highest BCUT2D eigenvalue weighted by Crippen LogP contribution is 2.33. The average molecular weight is 260 g/mol. The molecule has 0 aromatic heterocycles. The van der Waals surface area contributed by atoms with E-state index >= 15 is 0 Å². The Hall–Kier alpha value is -0.820. The minimum atomic E-state index is -2.92. The van der Waals surface area contributed by atoms with Crippen LogP contribution in [-0.4, -0.2) is 75.0 Å². The molecule has 0 saturated carbocycles. The highest BCUT2D eigenvalue weighted by molar-refractivity contribution is 7.91. The van der Waals surface area contributed by atoms with Gasteiger partial charge in [-0.2, -0.15) is 0 Å². The first-order valence-electron chi connectivity index (χ1n) is 5.77. The van der Waals surface area contributed by atoms with E-state index in [1.807, 2.05) is 19.0 Å². The summed E-state index contributed by atoms with van der Waals surface area (Å²) in [5, 5.41) is 0. The van der Waals surface area contributed by atoms with Crippen molar-refractivity contribution >= 4 is 15.8 Å². The number of sulfone groups is 1. The summed E-state index contributed by atoms with van der Waals surface area (Å²) in [6.45, 7) is 2.10. The molecule has 1 fully saturated rings. The quantitative estimate of drug-likeness (QED) is 0.685. The minimum absolute atomic E-state index is 0.192. The molecule has 0 radical (unpaired) electrons. The van der Waals surface area contributed by atoms with Crippen LogP contribution in [0.25, 0.3) is 0 Å². The second-order valence-corrected chi connectivity index (χ2v) is 7.38. The topological polar surface area (TPSA) is 79.0 Å². The molecule has 7 heteroatoms. The molecule has 2 N–H and O–H groups in total. The number of aliphatic imine (C=N–C) groups is 1. The van der Waals surface area contributed by atoms with Gasteiger partial charge in [0, 0.05) is 13.1 Å². The number of nitrogens with two attached hydrogens (primary N) is 1. The average Bonchev–Trinajstić information content (AvgIpc) is 2.67.